The summed E-state index contributed by atoms with van der Waals surface area (Å²) < 4.78 is 5.57. The molecule has 0 unspecified atom stereocenters. The van der Waals surface area contributed by atoms with E-state index >= 15 is 0 Å². The number of hydrogen-bond acceptors (Lipinski definition) is 2. The first-order valence-electron chi connectivity index (χ1n) is 6.86. The van der Waals surface area contributed by atoms with Crippen LogP contribution < -0.4 is 4.74 Å². The van der Waals surface area contributed by atoms with Gasteiger partial charge >= 0.3 is 5.97 Å². The predicted molar refractivity (Wildman–Crippen MR) is 83.3 cm³/mol. The Kier molecular flexibility index (Phi) is 5.64. The van der Waals surface area contributed by atoms with Crippen LogP contribution in [0.1, 0.15) is 28.8 Å². The van der Waals surface area contributed by atoms with Gasteiger partial charge in [-0.1, -0.05) is 41.9 Å². The lowest BCUT2D eigenvalue weighted by Crippen LogP contribution is -2.01. The third-order valence-corrected chi connectivity index (χ3v) is 3.47. The van der Waals surface area contributed by atoms with Crippen molar-refractivity contribution >= 4 is 17.6 Å². The molecule has 0 heterocycles. The van der Waals surface area contributed by atoms with E-state index < -0.39 is 5.97 Å². The van der Waals surface area contributed by atoms with Crippen LogP contribution >= 0.6 is 11.6 Å². The molecule has 0 spiro atoms. The van der Waals surface area contributed by atoms with E-state index in [2.05, 4.69) is 12.1 Å². The topological polar surface area (TPSA) is 46.5 Å². The molecule has 0 saturated carbocycles. The van der Waals surface area contributed by atoms with Gasteiger partial charge in [0, 0.05) is 0 Å². The van der Waals surface area contributed by atoms with Crippen molar-refractivity contribution < 1.29 is 14.6 Å². The van der Waals surface area contributed by atoms with Crippen molar-refractivity contribution in [1.82, 2.24) is 0 Å². The highest BCUT2D eigenvalue weighted by atomic mass is 35.5. The second kappa shape index (κ2) is 7.70. The predicted octanol–water partition coefficient (Wildman–Crippen LogP) is 4.44. The number of aromatic carboxylic acids is 1. The van der Waals surface area contributed by atoms with E-state index in [1.54, 1.807) is 12.1 Å². The lowest BCUT2D eigenvalue weighted by atomic mass is 10.1. The van der Waals surface area contributed by atoms with Gasteiger partial charge in [0.15, 0.2) is 0 Å². The van der Waals surface area contributed by atoms with Gasteiger partial charge in [-0.3, -0.25) is 0 Å². The average Bonchev–Trinajstić information content (AvgIpc) is 2.49. The van der Waals surface area contributed by atoms with Crippen LogP contribution in [-0.2, 0) is 6.42 Å². The smallest absolute Gasteiger partial charge is 0.337 e. The third-order valence-electron chi connectivity index (χ3n) is 3.14. The number of benzene rings is 2. The molecule has 21 heavy (non-hydrogen) atoms. The Morgan fingerprint density at radius 3 is 2.57 bits per heavy atom. The molecule has 4 heteroatoms. The normalized spacial score (nSPS) is 10.3. The van der Waals surface area contributed by atoms with E-state index in [1.165, 1.54) is 11.6 Å². The average molecular weight is 305 g/mol. The second-order valence-electron chi connectivity index (χ2n) is 4.74. The summed E-state index contributed by atoms with van der Waals surface area (Å²) in [5, 5.41) is 9.21. The first kappa shape index (κ1) is 15.4. The van der Waals surface area contributed by atoms with Gasteiger partial charge in [0.2, 0.25) is 0 Å². The summed E-state index contributed by atoms with van der Waals surface area (Å²) >= 11 is 5.81. The van der Waals surface area contributed by atoms with Crippen LogP contribution in [0.2, 0.25) is 5.02 Å². The highest BCUT2D eigenvalue weighted by molar-refractivity contribution is 6.33. The van der Waals surface area contributed by atoms with E-state index in [0.29, 0.717) is 12.4 Å². The summed E-state index contributed by atoms with van der Waals surface area (Å²) in [6.45, 7) is 0.563. The maximum atomic E-state index is 11.0. The summed E-state index contributed by atoms with van der Waals surface area (Å²) in [4.78, 5) is 11.0. The minimum atomic E-state index is -1.05. The molecule has 0 fully saturated rings. The van der Waals surface area contributed by atoms with E-state index in [1.807, 2.05) is 18.2 Å². The number of ether oxygens (including phenoxy) is 1. The lowest BCUT2D eigenvalue weighted by Gasteiger charge is -2.08. The molecule has 0 amide bonds. The second-order valence-corrected chi connectivity index (χ2v) is 5.15. The molecule has 3 nitrogen and oxygen atoms in total. The van der Waals surface area contributed by atoms with Crippen molar-refractivity contribution in [2.45, 2.75) is 19.3 Å². The van der Waals surface area contributed by atoms with Crippen molar-refractivity contribution in [1.29, 1.82) is 0 Å². The molecular formula is C17H17ClO3. The van der Waals surface area contributed by atoms with Gasteiger partial charge in [-0.15, -0.1) is 0 Å². The first-order chi connectivity index (χ1) is 10.2. The molecular weight excluding hydrogens is 288 g/mol. The summed E-state index contributed by atoms with van der Waals surface area (Å²) in [7, 11) is 0. The third kappa shape index (κ3) is 4.80. The molecule has 0 aliphatic carbocycles. The number of unbranched alkanes of at least 4 members (excludes halogenated alkanes) is 1. The summed E-state index contributed by atoms with van der Waals surface area (Å²) in [6.07, 6.45) is 2.97. The summed E-state index contributed by atoms with van der Waals surface area (Å²) in [5.74, 6) is -0.508. The summed E-state index contributed by atoms with van der Waals surface area (Å²) in [6, 6.07) is 15.0. The minimum Gasteiger partial charge on any atom is -0.494 e. The van der Waals surface area contributed by atoms with Gasteiger partial charge in [0.05, 0.1) is 17.2 Å². The standard InChI is InChI=1S/C17H17ClO3/c18-16-10-9-14(12-15(16)17(19)20)21-11-5-4-8-13-6-2-1-3-7-13/h1-3,6-7,9-10,12H,4-5,8,11H2,(H,19,20). The minimum absolute atomic E-state index is 0.0680. The molecule has 1 N–H and O–H groups in total. The van der Waals surface area contributed by atoms with Gasteiger partial charge in [-0.2, -0.15) is 0 Å². The summed E-state index contributed by atoms with van der Waals surface area (Å²) in [5.41, 5.74) is 1.38. The maximum Gasteiger partial charge on any atom is 0.337 e. The van der Waals surface area contributed by atoms with Crippen LogP contribution in [0, 0.1) is 0 Å². The van der Waals surface area contributed by atoms with Crippen LogP contribution in [0.25, 0.3) is 0 Å². The zero-order valence-corrected chi connectivity index (χ0v) is 12.3. The number of carboxylic acids is 1. The molecule has 0 aromatic heterocycles. The zero-order valence-electron chi connectivity index (χ0n) is 11.6. The molecule has 2 rings (SSSR count). The quantitative estimate of drug-likeness (QED) is 0.769. The lowest BCUT2D eigenvalue weighted by molar-refractivity contribution is 0.0696. The van der Waals surface area contributed by atoms with E-state index in [-0.39, 0.29) is 10.6 Å². The van der Waals surface area contributed by atoms with Crippen LogP contribution in [0.3, 0.4) is 0 Å². The monoisotopic (exact) mass is 304 g/mol. The van der Waals surface area contributed by atoms with E-state index in [0.717, 1.165) is 19.3 Å². The molecule has 2 aromatic carbocycles. The molecule has 0 aliphatic rings. The number of aryl methyl sites for hydroxylation is 1. The SMILES string of the molecule is O=C(O)c1cc(OCCCCc2ccccc2)ccc1Cl. The molecule has 0 radical (unpaired) electrons. The van der Waals surface area contributed by atoms with Gasteiger partial charge in [-0.05, 0) is 43.0 Å². The van der Waals surface area contributed by atoms with Gasteiger partial charge < -0.3 is 9.84 Å². The Labute approximate surface area is 129 Å². The number of rotatable bonds is 7. The Balaban J connectivity index is 1.76. The van der Waals surface area contributed by atoms with Gasteiger partial charge in [0.1, 0.15) is 5.75 Å². The first-order valence-corrected chi connectivity index (χ1v) is 7.24. The fourth-order valence-corrected chi connectivity index (χ4v) is 2.22. The van der Waals surface area contributed by atoms with Crippen molar-refractivity contribution in [3.05, 3.63) is 64.7 Å². The van der Waals surface area contributed by atoms with Gasteiger partial charge in [-0.25, -0.2) is 4.79 Å². The fraction of sp³-hybridized carbons (Fsp3) is 0.235. The number of halogens is 1. The highest BCUT2D eigenvalue weighted by Crippen LogP contribution is 2.22. The Hall–Kier alpha value is -2.00. The van der Waals surface area contributed by atoms with Crippen LogP contribution in [0.4, 0.5) is 0 Å². The Morgan fingerprint density at radius 1 is 1.10 bits per heavy atom. The van der Waals surface area contributed by atoms with Crippen molar-refractivity contribution in [3.8, 4) is 5.75 Å². The van der Waals surface area contributed by atoms with Crippen LogP contribution in [0.15, 0.2) is 48.5 Å². The van der Waals surface area contributed by atoms with E-state index in [4.69, 9.17) is 21.4 Å². The van der Waals surface area contributed by atoms with E-state index in [9.17, 15) is 4.79 Å². The fourth-order valence-electron chi connectivity index (χ4n) is 2.02. The largest absolute Gasteiger partial charge is 0.494 e. The number of carbonyl (C=O) groups is 1. The Bertz CT molecular complexity index is 596. The molecule has 0 bridgehead atoms. The molecule has 110 valence electrons. The van der Waals surface area contributed by atoms with Crippen molar-refractivity contribution in [3.63, 3.8) is 0 Å². The number of carboxylic acid groups (broad SMARTS) is 1. The van der Waals surface area contributed by atoms with Gasteiger partial charge in [0.25, 0.3) is 0 Å². The molecule has 0 aliphatic heterocycles. The number of hydrogen-bond donors (Lipinski definition) is 1. The molecule has 0 atom stereocenters. The maximum absolute atomic E-state index is 11.0. The van der Waals surface area contributed by atoms with Crippen LogP contribution in [0.5, 0.6) is 5.75 Å². The Morgan fingerprint density at radius 2 is 1.86 bits per heavy atom. The highest BCUT2D eigenvalue weighted by Gasteiger charge is 2.09. The molecule has 2 aromatic rings. The van der Waals surface area contributed by atoms with Crippen molar-refractivity contribution in [2.75, 3.05) is 6.61 Å². The van der Waals surface area contributed by atoms with Crippen molar-refractivity contribution in [2.24, 2.45) is 0 Å². The zero-order chi connectivity index (χ0) is 15.1. The van der Waals surface area contributed by atoms with Crippen LogP contribution in [-0.4, -0.2) is 17.7 Å². The molecule has 0 saturated heterocycles.